The van der Waals surface area contributed by atoms with Gasteiger partial charge in [0.1, 0.15) is 17.4 Å². The largest absolute Gasteiger partial charge is 0.490 e. The third-order valence-corrected chi connectivity index (χ3v) is 4.85. The lowest BCUT2D eigenvalue weighted by Gasteiger charge is -2.28. The summed E-state index contributed by atoms with van der Waals surface area (Å²) in [6.07, 6.45) is 0. The first-order valence-corrected chi connectivity index (χ1v) is 10.5. The van der Waals surface area contributed by atoms with Gasteiger partial charge in [-0.2, -0.15) is 5.26 Å². The molecule has 0 saturated carbocycles. The van der Waals surface area contributed by atoms with Crippen LogP contribution in [0.15, 0.2) is 65.6 Å². The molecule has 0 aliphatic carbocycles. The minimum Gasteiger partial charge on any atom is -0.490 e. The SMILES string of the molecule is CCOC(=O)C1=C(c2ccccc2)OC(N)=C(C#N)C1c1ccc(OCC)c(OCC)c1. The molecular formula is C25H26N2O5. The Morgan fingerprint density at radius 3 is 2.34 bits per heavy atom. The van der Waals surface area contributed by atoms with E-state index in [1.807, 2.05) is 32.0 Å². The second-order valence-corrected chi connectivity index (χ2v) is 6.83. The van der Waals surface area contributed by atoms with Gasteiger partial charge in [-0.1, -0.05) is 36.4 Å². The molecule has 0 spiro atoms. The van der Waals surface area contributed by atoms with E-state index in [0.717, 1.165) is 0 Å². The first-order chi connectivity index (χ1) is 15.5. The zero-order chi connectivity index (χ0) is 23.1. The fourth-order valence-electron chi connectivity index (χ4n) is 3.56. The standard InChI is InChI=1S/C25H26N2O5/c1-4-29-19-13-12-17(14-20(19)30-5-2)21-18(15-26)24(27)32-23(16-10-8-7-9-11-16)22(21)25(28)31-6-3/h7-14,21H,4-6,27H2,1-3H3. The number of nitriles is 1. The van der Waals surface area contributed by atoms with Gasteiger partial charge >= 0.3 is 5.97 Å². The van der Waals surface area contributed by atoms with Crippen LogP contribution < -0.4 is 15.2 Å². The lowest BCUT2D eigenvalue weighted by atomic mass is 9.82. The molecule has 166 valence electrons. The molecule has 1 aliphatic heterocycles. The van der Waals surface area contributed by atoms with E-state index in [2.05, 4.69) is 6.07 Å². The number of ether oxygens (including phenoxy) is 4. The molecule has 1 unspecified atom stereocenters. The third kappa shape index (κ3) is 4.54. The number of allylic oxidation sites excluding steroid dienone is 1. The molecule has 0 aromatic heterocycles. The van der Waals surface area contributed by atoms with Crippen molar-refractivity contribution in [3.05, 3.63) is 76.7 Å². The number of carbonyl (C=O) groups is 1. The first-order valence-electron chi connectivity index (χ1n) is 10.5. The van der Waals surface area contributed by atoms with Gasteiger partial charge < -0.3 is 24.7 Å². The Morgan fingerprint density at radius 2 is 1.72 bits per heavy atom. The molecule has 1 heterocycles. The second-order valence-electron chi connectivity index (χ2n) is 6.83. The summed E-state index contributed by atoms with van der Waals surface area (Å²) in [4.78, 5) is 13.1. The summed E-state index contributed by atoms with van der Waals surface area (Å²) < 4.78 is 22.6. The van der Waals surface area contributed by atoms with Crippen LogP contribution in [-0.2, 0) is 14.3 Å². The minimum atomic E-state index is -0.794. The zero-order valence-electron chi connectivity index (χ0n) is 18.4. The summed E-state index contributed by atoms with van der Waals surface area (Å²) in [6.45, 7) is 6.54. The van der Waals surface area contributed by atoms with E-state index in [-0.39, 0.29) is 29.4 Å². The van der Waals surface area contributed by atoms with Crippen LogP contribution >= 0.6 is 0 Å². The number of hydrogen-bond donors (Lipinski definition) is 1. The van der Waals surface area contributed by atoms with Crippen LogP contribution in [-0.4, -0.2) is 25.8 Å². The van der Waals surface area contributed by atoms with Crippen LogP contribution in [0.5, 0.6) is 11.5 Å². The molecule has 2 aromatic carbocycles. The van der Waals surface area contributed by atoms with Crippen LogP contribution in [0.1, 0.15) is 37.8 Å². The summed E-state index contributed by atoms with van der Waals surface area (Å²) in [7, 11) is 0. The molecular weight excluding hydrogens is 408 g/mol. The molecule has 7 heteroatoms. The number of hydrogen-bond acceptors (Lipinski definition) is 7. The van der Waals surface area contributed by atoms with Gasteiger partial charge in [-0.3, -0.25) is 0 Å². The van der Waals surface area contributed by atoms with Crippen molar-refractivity contribution < 1.29 is 23.7 Å². The van der Waals surface area contributed by atoms with Gasteiger partial charge in [0.05, 0.1) is 31.3 Å². The highest BCUT2D eigenvalue weighted by atomic mass is 16.5. The maximum absolute atomic E-state index is 13.1. The van der Waals surface area contributed by atoms with E-state index in [9.17, 15) is 10.1 Å². The van der Waals surface area contributed by atoms with Crippen molar-refractivity contribution in [3.8, 4) is 17.6 Å². The van der Waals surface area contributed by atoms with Crippen molar-refractivity contribution in [2.45, 2.75) is 26.7 Å². The van der Waals surface area contributed by atoms with Gasteiger partial charge in [-0.05, 0) is 38.5 Å². The smallest absolute Gasteiger partial charge is 0.338 e. The summed E-state index contributed by atoms with van der Waals surface area (Å²) in [5.74, 6) is -0.0841. The Kier molecular flexibility index (Phi) is 7.40. The normalized spacial score (nSPS) is 15.6. The van der Waals surface area contributed by atoms with Gasteiger partial charge in [0.25, 0.3) is 0 Å². The van der Waals surface area contributed by atoms with Crippen molar-refractivity contribution in [3.63, 3.8) is 0 Å². The predicted molar refractivity (Wildman–Crippen MR) is 119 cm³/mol. The molecule has 0 fully saturated rings. The zero-order valence-corrected chi connectivity index (χ0v) is 18.4. The van der Waals surface area contributed by atoms with Crippen LogP contribution in [0.3, 0.4) is 0 Å². The molecule has 32 heavy (non-hydrogen) atoms. The molecule has 0 saturated heterocycles. The van der Waals surface area contributed by atoms with E-state index < -0.39 is 11.9 Å². The van der Waals surface area contributed by atoms with Crippen LogP contribution in [0.25, 0.3) is 5.76 Å². The van der Waals surface area contributed by atoms with Crippen molar-refractivity contribution in [2.75, 3.05) is 19.8 Å². The Labute approximate surface area is 187 Å². The van der Waals surface area contributed by atoms with E-state index in [0.29, 0.717) is 35.8 Å². The number of rotatable bonds is 8. The Hall–Kier alpha value is -3.92. The minimum absolute atomic E-state index is 0.0590. The van der Waals surface area contributed by atoms with E-state index in [1.54, 1.807) is 37.3 Å². The predicted octanol–water partition coefficient (Wildman–Crippen LogP) is 4.27. The first kappa shape index (κ1) is 22.8. The van der Waals surface area contributed by atoms with Crippen LogP contribution in [0.4, 0.5) is 0 Å². The third-order valence-electron chi connectivity index (χ3n) is 4.85. The molecule has 0 amide bonds. The summed E-state index contributed by atoms with van der Waals surface area (Å²) in [5.41, 5.74) is 7.76. The molecule has 1 atom stereocenters. The lowest BCUT2D eigenvalue weighted by molar-refractivity contribution is -0.138. The van der Waals surface area contributed by atoms with Gasteiger partial charge in [0.2, 0.25) is 5.88 Å². The lowest BCUT2D eigenvalue weighted by Crippen LogP contribution is -2.26. The van der Waals surface area contributed by atoms with Crippen LogP contribution in [0.2, 0.25) is 0 Å². The molecule has 7 nitrogen and oxygen atoms in total. The highest BCUT2D eigenvalue weighted by Crippen LogP contribution is 2.44. The number of carbonyl (C=O) groups excluding carboxylic acids is 1. The van der Waals surface area contributed by atoms with Crippen molar-refractivity contribution in [2.24, 2.45) is 5.73 Å². The van der Waals surface area contributed by atoms with Gasteiger partial charge in [-0.15, -0.1) is 0 Å². The number of nitrogens with zero attached hydrogens (tertiary/aromatic N) is 1. The highest BCUT2D eigenvalue weighted by Gasteiger charge is 2.38. The van der Waals surface area contributed by atoms with E-state index in [4.69, 9.17) is 24.7 Å². The summed E-state index contributed by atoms with van der Waals surface area (Å²) >= 11 is 0. The molecule has 0 radical (unpaired) electrons. The van der Waals surface area contributed by atoms with Gasteiger partial charge in [-0.25, -0.2) is 4.79 Å². The second kappa shape index (κ2) is 10.4. The number of benzene rings is 2. The number of esters is 1. The Balaban J connectivity index is 2.26. The topological polar surface area (TPSA) is 104 Å². The summed E-state index contributed by atoms with van der Waals surface area (Å²) in [5, 5.41) is 9.89. The number of nitrogens with two attached hydrogens (primary N) is 1. The molecule has 2 N–H and O–H groups in total. The fourth-order valence-corrected chi connectivity index (χ4v) is 3.56. The van der Waals surface area contributed by atoms with E-state index in [1.165, 1.54) is 0 Å². The van der Waals surface area contributed by atoms with Gasteiger partial charge in [0.15, 0.2) is 11.5 Å². The van der Waals surface area contributed by atoms with Crippen molar-refractivity contribution >= 4 is 11.7 Å². The maximum Gasteiger partial charge on any atom is 0.338 e. The van der Waals surface area contributed by atoms with Gasteiger partial charge in [0, 0.05) is 5.56 Å². The van der Waals surface area contributed by atoms with Crippen LogP contribution in [0, 0.1) is 11.3 Å². The summed E-state index contributed by atoms with van der Waals surface area (Å²) in [6, 6.07) is 16.5. The average molecular weight is 434 g/mol. The highest BCUT2D eigenvalue weighted by molar-refractivity contribution is 6.00. The molecule has 3 rings (SSSR count). The molecule has 2 aromatic rings. The molecule has 0 bridgehead atoms. The molecule has 1 aliphatic rings. The van der Waals surface area contributed by atoms with Crippen molar-refractivity contribution in [1.82, 2.24) is 0 Å². The Bertz CT molecular complexity index is 1080. The maximum atomic E-state index is 13.1. The fraction of sp³-hybridized carbons (Fsp3) is 0.280. The average Bonchev–Trinajstić information content (AvgIpc) is 2.80. The van der Waals surface area contributed by atoms with E-state index >= 15 is 0 Å². The Morgan fingerprint density at radius 1 is 1.03 bits per heavy atom. The monoisotopic (exact) mass is 434 g/mol. The van der Waals surface area contributed by atoms with Crippen molar-refractivity contribution in [1.29, 1.82) is 5.26 Å². The quantitative estimate of drug-likeness (QED) is 0.619.